The van der Waals surface area contributed by atoms with Crippen LogP contribution in [0, 0.1) is 0 Å². The number of hydrogen-bond donors (Lipinski definition) is 1. The van der Waals surface area contributed by atoms with Crippen molar-refractivity contribution < 1.29 is 4.79 Å². The maximum Gasteiger partial charge on any atom is 0.216 e. The molecule has 66 valence electrons. The van der Waals surface area contributed by atoms with Crippen LogP contribution < -0.4 is 5.32 Å². The highest BCUT2D eigenvalue weighted by Gasteiger charge is 1.96. The fourth-order valence-electron chi connectivity index (χ4n) is 0.591. The summed E-state index contributed by atoms with van der Waals surface area (Å²) in [4.78, 5) is 10.5. The molecule has 1 rings (SSSR count). The number of hydrogen-bond acceptors (Lipinski definition) is 5. The van der Waals surface area contributed by atoms with Gasteiger partial charge in [0.1, 0.15) is 5.51 Å². The second kappa shape index (κ2) is 5.10. The first-order valence-corrected chi connectivity index (χ1v) is 5.29. The van der Waals surface area contributed by atoms with E-state index in [-0.39, 0.29) is 5.91 Å². The van der Waals surface area contributed by atoms with Crippen LogP contribution in [0.3, 0.4) is 0 Å². The van der Waals surface area contributed by atoms with Gasteiger partial charge in [0.15, 0.2) is 4.34 Å². The molecule has 0 atom stereocenters. The van der Waals surface area contributed by atoms with Crippen molar-refractivity contribution in [3.63, 3.8) is 0 Å². The number of nitrogens with one attached hydrogen (secondary N) is 1. The third kappa shape index (κ3) is 3.68. The van der Waals surface area contributed by atoms with E-state index in [2.05, 4.69) is 15.5 Å². The second-order valence-corrected chi connectivity index (χ2v) is 4.21. The third-order valence-corrected chi connectivity index (χ3v) is 2.90. The second-order valence-electron chi connectivity index (χ2n) is 2.04. The Morgan fingerprint density at radius 1 is 1.83 bits per heavy atom. The first-order valence-electron chi connectivity index (χ1n) is 3.42. The molecule has 6 heteroatoms. The average Bonchev–Trinajstić information content (AvgIpc) is 2.49. The lowest BCUT2D eigenvalue weighted by Crippen LogP contribution is -2.22. The van der Waals surface area contributed by atoms with Crippen molar-refractivity contribution >= 4 is 29.0 Å². The molecule has 0 aromatic carbocycles. The molecule has 1 heterocycles. The topological polar surface area (TPSA) is 54.9 Å². The zero-order chi connectivity index (χ0) is 8.81. The quantitative estimate of drug-likeness (QED) is 0.580. The fourth-order valence-corrected chi connectivity index (χ4v) is 2.00. The van der Waals surface area contributed by atoms with E-state index in [1.807, 2.05) is 0 Å². The van der Waals surface area contributed by atoms with Crippen molar-refractivity contribution in [1.29, 1.82) is 0 Å². The van der Waals surface area contributed by atoms with Gasteiger partial charge >= 0.3 is 0 Å². The summed E-state index contributed by atoms with van der Waals surface area (Å²) in [6, 6.07) is 0. The van der Waals surface area contributed by atoms with E-state index in [0.29, 0.717) is 6.54 Å². The molecule has 0 spiro atoms. The minimum absolute atomic E-state index is 0.00728. The Morgan fingerprint density at radius 3 is 3.25 bits per heavy atom. The summed E-state index contributed by atoms with van der Waals surface area (Å²) >= 11 is 3.11. The summed E-state index contributed by atoms with van der Waals surface area (Å²) < 4.78 is 0.945. The highest BCUT2D eigenvalue weighted by Crippen LogP contribution is 2.17. The van der Waals surface area contributed by atoms with E-state index in [1.165, 1.54) is 18.3 Å². The van der Waals surface area contributed by atoms with Gasteiger partial charge in [0.05, 0.1) is 0 Å². The van der Waals surface area contributed by atoms with Crippen LogP contribution in [0.5, 0.6) is 0 Å². The number of rotatable bonds is 4. The molecular formula is C6H9N3OS2. The normalized spacial score (nSPS) is 9.75. The summed E-state index contributed by atoms with van der Waals surface area (Å²) in [5.41, 5.74) is 1.70. The molecular weight excluding hydrogens is 194 g/mol. The van der Waals surface area contributed by atoms with E-state index in [1.54, 1.807) is 17.3 Å². The highest BCUT2D eigenvalue weighted by molar-refractivity contribution is 8.01. The van der Waals surface area contributed by atoms with Crippen molar-refractivity contribution in [2.45, 2.75) is 11.3 Å². The lowest BCUT2D eigenvalue weighted by Gasteiger charge is -1.98. The first kappa shape index (κ1) is 9.47. The zero-order valence-corrected chi connectivity index (χ0v) is 8.24. The lowest BCUT2D eigenvalue weighted by atomic mass is 10.6. The summed E-state index contributed by atoms with van der Waals surface area (Å²) in [5, 5.41) is 10.3. The summed E-state index contributed by atoms with van der Waals surface area (Å²) in [5.74, 6) is 0.849. The van der Waals surface area contributed by atoms with Gasteiger partial charge in [-0.05, 0) is 0 Å². The minimum atomic E-state index is 0.00728. The molecule has 0 aliphatic rings. The van der Waals surface area contributed by atoms with Gasteiger partial charge in [-0.1, -0.05) is 23.1 Å². The number of carbonyl (C=O) groups is 1. The van der Waals surface area contributed by atoms with Crippen molar-refractivity contribution in [1.82, 2.24) is 15.5 Å². The molecule has 1 aromatic rings. The van der Waals surface area contributed by atoms with E-state index < -0.39 is 0 Å². The van der Waals surface area contributed by atoms with Crippen LogP contribution >= 0.6 is 23.1 Å². The van der Waals surface area contributed by atoms with Crippen LogP contribution in [-0.2, 0) is 4.79 Å². The lowest BCUT2D eigenvalue weighted by molar-refractivity contribution is -0.118. The third-order valence-electron chi connectivity index (χ3n) is 1.04. The Hall–Kier alpha value is -0.620. The number of thioether (sulfide) groups is 1. The van der Waals surface area contributed by atoms with Crippen molar-refractivity contribution in [3.8, 4) is 0 Å². The molecule has 0 radical (unpaired) electrons. The maximum absolute atomic E-state index is 10.5. The SMILES string of the molecule is CC(=O)NCCSc1nncs1. The Morgan fingerprint density at radius 2 is 2.67 bits per heavy atom. The van der Waals surface area contributed by atoms with Crippen molar-refractivity contribution in [2.75, 3.05) is 12.3 Å². The van der Waals surface area contributed by atoms with Crippen molar-refractivity contribution in [2.24, 2.45) is 0 Å². The molecule has 4 nitrogen and oxygen atoms in total. The molecule has 0 fully saturated rings. The van der Waals surface area contributed by atoms with Crippen LogP contribution in [0.2, 0.25) is 0 Å². The van der Waals surface area contributed by atoms with Crippen LogP contribution in [0.15, 0.2) is 9.85 Å². The number of aromatic nitrogens is 2. The fraction of sp³-hybridized carbons (Fsp3) is 0.500. The van der Waals surface area contributed by atoms with Gasteiger partial charge in [0.25, 0.3) is 0 Å². The molecule has 0 bridgehead atoms. The average molecular weight is 203 g/mol. The molecule has 0 saturated heterocycles. The first-order chi connectivity index (χ1) is 5.79. The van der Waals surface area contributed by atoms with Crippen LogP contribution in [0.1, 0.15) is 6.92 Å². The maximum atomic E-state index is 10.5. The van der Waals surface area contributed by atoms with Crippen LogP contribution in [-0.4, -0.2) is 28.4 Å². The van der Waals surface area contributed by atoms with E-state index in [4.69, 9.17) is 0 Å². The predicted octanol–water partition coefficient (Wildman–Crippen LogP) is 0.766. The van der Waals surface area contributed by atoms with Gasteiger partial charge in [-0.25, -0.2) is 0 Å². The van der Waals surface area contributed by atoms with E-state index in [0.717, 1.165) is 10.1 Å². The highest BCUT2D eigenvalue weighted by atomic mass is 32.2. The monoisotopic (exact) mass is 203 g/mol. The smallest absolute Gasteiger partial charge is 0.216 e. The summed E-state index contributed by atoms with van der Waals surface area (Å²) in [6.07, 6.45) is 0. The number of carbonyl (C=O) groups excluding carboxylic acids is 1. The largest absolute Gasteiger partial charge is 0.356 e. The number of amides is 1. The predicted molar refractivity (Wildman–Crippen MR) is 49.3 cm³/mol. The standard InChI is InChI=1S/C6H9N3OS2/c1-5(10)7-2-3-11-6-9-8-4-12-6/h4H,2-3H2,1H3,(H,7,10). The van der Waals surface area contributed by atoms with Crippen LogP contribution in [0.25, 0.3) is 0 Å². The molecule has 1 aromatic heterocycles. The molecule has 0 saturated carbocycles. The summed E-state index contributed by atoms with van der Waals surface area (Å²) in [6.45, 7) is 2.19. The van der Waals surface area contributed by atoms with Gasteiger partial charge in [-0.3, -0.25) is 4.79 Å². The minimum Gasteiger partial charge on any atom is -0.356 e. The molecule has 1 amide bonds. The molecule has 1 N–H and O–H groups in total. The Labute approximate surface area is 78.8 Å². The van der Waals surface area contributed by atoms with Gasteiger partial charge in [-0.2, -0.15) is 0 Å². The Balaban J connectivity index is 2.07. The van der Waals surface area contributed by atoms with E-state index in [9.17, 15) is 4.79 Å². The van der Waals surface area contributed by atoms with Crippen molar-refractivity contribution in [3.05, 3.63) is 5.51 Å². The molecule has 0 aliphatic heterocycles. The van der Waals surface area contributed by atoms with E-state index >= 15 is 0 Å². The Bertz CT molecular complexity index is 237. The zero-order valence-electron chi connectivity index (χ0n) is 6.61. The summed E-state index contributed by atoms with van der Waals surface area (Å²) in [7, 11) is 0. The van der Waals surface area contributed by atoms with Crippen LogP contribution in [0.4, 0.5) is 0 Å². The Kier molecular flexibility index (Phi) is 4.02. The number of nitrogens with zero attached hydrogens (tertiary/aromatic N) is 2. The molecule has 0 aliphatic carbocycles. The van der Waals surface area contributed by atoms with Gasteiger partial charge in [-0.15, -0.1) is 10.2 Å². The molecule has 12 heavy (non-hydrogen) atoms. The van der Waals surface area contributed by atoms with Gasteiger partial charge in [0.2, 0.25) is 5.91 Å². The van der Waals surface area contributed by atoms with Gasteiger partial charge < -0.3 is 5.32 Å². The van der Waals surface area contributed by atoms with Gasteiger partial charge in [0, 0.05) is 19.2 Å². The molecule has 0 unspecified atom stereocenters.